The Morgan fingerprint density at radius 1 is 1.06 bits per heavy atom. The number of amides is 2. The number of hydrogen-bond acceptors (Lipinski definition) is 3. The van der Waals surface area contributed by atoms with Crippen LogP contribution in [0.4, 0.5) is 17.6 Å². The monoisotopic (exact) mass is 466 g/mol. The molecule has 1 heterocycles. The van der Waals surface area contributed by atoms with E-state index in [0.717, 1.165) is 12.1 Å². The molecule has 3 rings (SSSR count). The summed E-state index contributed by atoms with van der Waals surface area (Å²) in [6.07, 6.45) is -4.93. The van der Waals surface area contributed by atoms with Gasteiger partial charge in [-0.15, -0.1) is 0 Å². The SMILES string of the molecule is CC(C)CN(CC1CN(C(=O)c2ccc(F)cc2)CCO1)C(=O)c1ccc(C(F)(F)F)cc1. The molecule has 2 aromatic rings. The Morgan fingerprint density at radius 3 is 2.24 bits per heavy atom. The summed E-state index contributed by atoms with van der Waals surface area (Å²) in [6.45, 7) is 5.31. The highest BCUT2D eigenvalue weighted by molar-refractivity contribution is 5.95. The lowest BCUT2D eigenvalue weighted by Gasteiger charge is -2.36. The second-order valence-electron chi connectivity index (χ2n) is 8.43. The zero-order valence-corrected chi connectivity index (χ0v) is 18.4. The minimum absolute atomic E-state index is 0.115. The van der Waals surface area contributed by atoms with Crippen molar-refractivity contribution in [1.29, 1.82) is 0 Å². The third-order valence-corrected chi connectivity index (χ3v) is 5.27. The van der Waals surface area contributed by atoms with Gasteiger partial charge >= 0.3 is 6.18 Å². The zero-order chi connectivity index (χ0) is 24.2. The van der Waals surface area contributed by atoms with E-state index in [0.29, 0.717) is 18.7 Å². The van der Waals surface area contributed by atoms with Crippen molar-refractivity contribution in [2.24, 2.45) is 5.92 Å². The molecule has 1 aliphatic heterocycles. The summed E-state index contributed by atoms with van der Waals surface area (Å²) in [5.74, 6) is -0.975. The molecular formula is C24H26F4N2O3. The summed E-state index contributed by atoms with van der Waals surface area (Å²) < 4.78 is 57.5. The van der Waals surface area contributed by atoms with E-state index in [1.807, 2.05) is 13.8 Å². The molecular weight excluding hydrogens is 440 g/mol. The second kappa shape index (κ2) is 10.3. The molecule has 0 N–H and O–H groups in total. The Bertz CT molecular complexity index is 959. The fourth-order valence-corrected chi connectivity index (χ4v) is 3.70. The van der Waals surface area contributed by atoms with Gasteiger partial charge in [0.1, 0.15) is 5.82 Å². The van der Waals surface area contributed by atoms with Crippen LogP contribution in [0.5, 0.6) is 0 Å². The van der Waals surface area contributed by atoms with Crippen LogP contribution in [0, 0.1) is 11.7 Å². The molecule has 33 heavy (non-hydrogen) atoms. The van der Waals surface area contributed by atoms with Crippen LogP contribution in [0.1, 0.15) is 40.1 Å². The van der Waals surface area contributed by atoms with E-state index in [9.17, 15) is 27.2 Å². The minimum atomic E-state index is -4.48. The van der Waals surface area contributed by atoms with Crippen molar-refractivity contribution in [1.82, 2.24) is 9.80 Å². The number of carbonyl (C=O) groups excluding carboxylic acids is 2. The molecule has 0 saturated carbocycles. The van der Waals surface area contributed by atoms with E-state index < -0.39 is 29.6 Å². The molecule has 1 aliphatic rings. The van der Waals surface area contributed by atoms with Crippen molar-refractivity contribution in [3.63, 3.8) is 0 Å². The molecule has 0 aromatic heterocycles. The Morgan fingerprint density at radius 2 is 1.67 bits per heavy atom. The van der Waals surface area contributed by atoms with E-state index in [-0.39, 0.29) is 37.1 Å². The quantitative estimate of drug-likeness (QED) is 0.590. The molecule has 0 radical (unpaired) electrons. The molecule has 0 bridgehead atoms. The Hall–Kier alpha value is -2.94. The average Bonchev–Trinajstić information content (AvgIpc) is 2.77. The van der Waals surface area contributed by atoms with Crippen LogP contribution in [-0.4, -0.2) is 60.5 Å². The van der Waals surface area contributed by atoms with Crippen molar-refractivity contribution < 1.29 is 31.9 Å². The summed E-state index contributed by atoms with van der Waals surface area (Å²) in [5.41, 5.74) is -0.310. The zero-order valence-electron chi connectivity index (χ0n) is 18.4. The number of halogens is 4. The van der Waals surface area contributed by atoms with Crippen molar-refractivity contribution >= 4 is 11.8 Å². The number of carbonyl (C=O) groups is 2. The molecule has 178 valence electrons. The van der Waals surface area contributed by atoms with Crippen molar-refractivity contribution in [2.75, 3.05) is 32.8 Å². The van der Waals surface area contributed by atoms with Gasteiger partial charge in [0.05, 0.1) is 18.3 Å². The van der Waals surface area contributed by atoms with Gasteiger partial charge in [0, 0.05) is 37.3 Å². The fraction of sp³-hybridized carbons (Fsp3) is 0.417. The first-order chi connectivity index (χ1) is 15.5. The average molecular weight is 466 g/mol. The molecule has 0 spiro atoms. The van der Waals surface area contributed by atoms with Gasteiger partial charge in [-0.3, -0.25) is 9.59 Å². The number of nitrogens with zero attached hydrogens (tertiary/aromatic N) is 2. The molecule has 2 aromatic carbocycles. The summed E-state index contributed by atoms with van der Waals surface area (Å²) >= 11 is 0. The largest absolute Gasteiger partial charge is 0.416 e. The van der Waals surface area contributed by atoms with Gasteiger partial charge in [-0.05, 0) is 54.4 Å². The van der Waals surface area contributed by atoms with Gasteiger partial charge in [0.2, 0.25) is 0 Å². The summed E-state index contributed by atoms with van der Waals surface area (Å²) in [4.78, 5) is 29.0. The summed E-state index contributed by atoms with van der Waals surface area (Å²) in [7, 11) is 0. The number of rotatable bonds is 6. The van der Waals surface area contributed by atoms with Crippen LogP contribution in [0.25, 0.3) is 0 Å². The molecule has 1 unspecified atom stereocenters. The first-order valence-electron chi connectivity index (χ1n) is 10.7. The van der Waals surface area contributed by atoms with E-state index in [1.54, 1.807) is 9.80 Å². The maximum Gasteiger partial charge on any atom is 0.416 e. The van der Waals surface area contributed by atoms with Crippen LogP contribution in [0.15, 0.2) is 48.5 Å². The number of benzene rings is 2. The van der Waals surface area contributed by atoms with E-state index in [2.05, 4.69) is 0 Å². The Kier molecular flexibility index (Phi) is 7.73. The Labute approximate surface area is 189 Å². The maximum absolute atomic E-state index is 13.2. The summed E-state index contributed by atoms with van der Waals surface area (Å²) in [6, 6.07) is 9.40. The van der Waals surface area contributed by atoms with Gasteiger partial charge in [-0.2, -0.15) is 13.2 Å². The Balaban J connectivity index is 1.70. The molecule has 9 heteroatoms. The number of hydrogen-bond donors (Lipinski definition) is 0. The summed E-state index contributed by atoms with van der Waals surface area (Å²) in [5, 5.41) is 0. The molecule has 0 aliphatic carbocycles. The fourth-order valence-electron chi connectivity index (χ4n) is 3.70. The van der Waals surface area contributed by atoms with E-state index in [1.165, 1.54) is 36.4 Å². The number of alkyl halides is 3. The lowest BCUT2D eigenvalue weighted by Crippen LogP contribution is -2.51. The van der Waals surface area contributed by atoms with Crippen LogP contribution in [-0.2, 0) is 10.9 Å². The van der Waals surface area contributed by atoms with Gasteiger partial charge in [0.15, 0.2) is 0 Å². The predicted molar refractivity (Wildman–Crippen MR) is 114 cm³/mol. The van der Waals surface area contributed by atoms with Gasteiger partial charge in [-0.1, -0.05) is 13.8 Å². The van der Waals surface area contributed by atoms with Crippen LogP contribution in [0.2, 0.25) is 0 Å². The minimum Gasteiger partial charge on any atom is -0.373 e. The normalized spacial score (nSPS) is 16.7. The number of ether oxygens (including phenoxy) is 1. The first kappa shape index (κ1) is 24.7. The molecule has 1 fully saturated rings. The smallest absolute Gasteiger partial charge is 0.373 e. The van der Waals surface area contributed by atoms with Crippen LogP contribution in [0.3, 0.4) is 0 Å². The lowest BCUT2D eigenvalue weighted by molar-refractivity contribution is -0.137. The second-order valence-corrected chi connectivity index (χ2v) is 8.43. The number of morpholine rings is 1. The lowest BCUT2D eigenvalue weighted by atomic mass is 10.1. The van der Waals surface area contributed by atoms with Crippen LogP contribution < -0.4 is 0 Å². The molecule has 1 atom stereocenters. The van der Waals surface area contributed by atoms with Crippen molar-refractivity contribution in [3.8, 4) is 0 Å². The van der Waals surface area contributed by atoms with Crippen molar-refractivity contribution in [3.05, 3.63) is 71.0 Å². The van der Waals surface area contributed by atoms with Gasteiger partial charge in [0.25, 0.3) is 11.8 Å². The third-order valence-electron chi connectivity index (χ3n) is 5.27. The van der Waals surface area contributed by atoms with Gasteiger partial charge in [-0.25, -0.2) is 4.39 Å². The van der Waals surface area contributed by atoms with Crippen LogP contribution >= 0.6 is 0 Å². The highest BCUT2D eigenvalue weighted by atomic mass is 19.4. The highest BCUT2D eigenvalue weighted by Crippen LogP contribution is 2.29. The van der Waals surface area contributed by atoms with E-state index in [4.69, 9.17) is 4.74 Å². The first-order valence-corrected chi connectivity index (χ1v) is 10.7. The maximum atomic E-state index is 13.2. The van der Waals surface area contributed by atoms with E-state index >= 15 is 0 Å². The molecule has 5 nitrogen and oxygen atoms in total. The molecule has 1 saturated heterocycles. The predicted octanol–water partition coefficient (Wildman–Crippen LogP) is 4.48. The van der Waals surface area contributed by atoms with Gasteiger partial charge < -0.3 is 14.5 Å². The topological polar surface area (TPSA) is 49.9 Å². The molecule has 2 amide bonds. The van der Waals surface area contributed by atoms with Crippen molar-refractivity contribution in [2.45, 2.75) is 26.1 Å². The standard InChI is InChI=1S/C24H26F4N2O3/c1-16(2)13-30(23(32)17-3-7-19(8-4-17)24(26,27)28)15-21-14-29(11-12-33-21)22(31)18-5-9-20(25)10-6-18/h3-10,16,21H,11-15H2,1-2H3. The highest BCUT2D eigenvalue weighted by Gasteiger charge is 2.31. The third kappa shape index (κ3) is 6.54.